The van der Waals surface area contributed by atoms with E-state index in [1.807, 2.05) is 32.3 Å². The lowest BCUT2D eigenvalue weighted by atomic mass is 10.1. The monoisotopic (exact) mass is 324 g/mol. The number of aliphatic hydroxyl groups excluding tert-OH is 1. The Morgan fingerprint density at radius 2 is 2.13 bits per heavy atom. The number of morpholine rings is 1. The molecule has 1 aliphatic rings. The molecule has 6 nitrogen and oxygen atoms in total. The van der Waals surface area contributed by atoms with Crippen molar-refractivity contribution in [1.82, 2.24) is 9.80 Å². The number of benzene rings is 1. The van der Waals surface area contributed by atoms with Crippen LogP contribution >= 0.6 is 0 Å². The van der Waals surface area contributed by atoms with Crippen LogP contribution in [0.2, 0.25) is 0 Å². The van der Waals surface area contributed by atoms with E-state index in [1.54, 1.807) is 14.2 Å². The molecule has 0 aliphatic carbocycles. The topological polar surface area (TPSA) is 54.4 Å². The number of rotatable bonds is 7. The standard InChI is InChI=1S/C17H28N2O4/c1-18(2)10-14-11-19(7-8-23-14)12-16(20)15-9-13(21-3)5-6-17(15)22-4/h5-6,9,14,16,20H,7-8,10-12H2,1-4H3. The van der Waals surface area contributed by atoms with E-state index in [0.717, 1.165) is 25.2 Å². The van der Waals surface area contributed by atoms with Crippen LogP contribution < -0.4 is 9.47 Å². The Morgan fingerprint density at radius 3 is 2.78 bits per heavy atom. The number of nitrogens with zero attached hydrogens (tertiary/aromatic N) is 2. The molecular weight excluding hydrogens is 296 g/mol. The van der Waals surface area contributed by atoms with E-state index in [9.17, 15) is 5.11 Å². The fourth-order valence-corrected chi connectivity index (χ4v) is 2.91. The number of likely N-dealkylation sites (N-methyl/N-ethyl adjacent to an activating group) is 1. The van der Waals surface area contributed by atoms with Crippen LogP contribution in [0.15, 0.2) is 18.2 Å². The Kier molecular flexibility index (Phi) is 6.65. The molecule has 1 saturated heterocycles. The molecule has 1 aromatic rings. The highest BCUT2D eigenvalue weighted by atomic mass is 16.5. The normalized spacial score (nSPS) is 20.5. The summed E-state index contributed by atoms with van der Waals surface area (Å²) in [6.07, 6.45) is -0.448. The summed E-state index contributed by atoms with van der Waals surface area (Å²) in [5.41, 5.74) is 0.752. The van der Waals surface area contributed by atoms with Gasteiger partial charge in [-0.25, -0.2) is 0 Å². The summed E-state index contributed by atoms with van der Waals surface area (Å²) >= 11 is 0. The number of ether oxygens (including phenoxy) is 3. The summed E-state index contributed by atoms with van der Waals surface area (Å²) in [4.78, 5) is 4.36. The summed E-state index contributed by atoms with van der Waals surface area (Å²) in [6.45, 7) is 3.78. The van der Waals surface area contributed by atoms with Crippen LogP contribution in [0.4, 0.5) is 0 Å². The summed E-state index contributed by atoms with van der Waals surface area (Å²) < 4.78 is 16.4. The zero-order valence-electron chi connectivity index (χ0n) is 14.5. The van der Waals surface area contributed by atoms with Gasteiger partial charge in [0, 0.05) is 31.7 Å². The lowest BCUT2D eigenvalue weighted by Crippen LogP contribution is -2.47. The van der Waals surface area contributed by atoms with Crippen molar-refractivity contribution in [1.29, 1.82) is 0 Å². The molecule has 0 radical (unpaired) electrons. The summed E-state index contributed by atoms with van der Waals surface area (Å²) in [7, 11) is 7.31. The zero-order chi connectivity index (χ0) is 16.8. The number of β-amino-alcohol motifs (C(OH)–C–C–N with tert-alkyl or cyclic N) is 1. The maximum Gasteiger partial charge on any atom is 0.124 e. The van der Waals surface area contributed by atoms with Gasteiger partial charge in [-0.1, -0.05) is 0 Å². The number of hydrogen-bond donors (Lipinski definition) is 1. The van der Waals surface area contributed by atoms with Crippen molar-refractivity contribution >= 4 is 0 Å². The van der Waals surface area contributed by atoms with Gasteiger partial charge in [0.2, 0.25) is 0 Å². The molecule has 2 atom stereocenters. The van der Waals surface area contributed by atoms with E-state index < -0.39 is 6.10 Å². The molecule has 0 spiro atoms. The predicted molar refractivity (Wildman–Crippen MR) is 89.2 cm³/mol. The molecule has 1 aromatic carbocycles. The van der Waals surface area contributed by atoms with Gasteiger partial charge >= 0.3 is 0 Å². The van der Waals surface area contributed by atoms with Gasteiger partial charge in [-0.2, -0.15) is 0 Å². The third kappa shape index (κ3) is 5.07. The minimum Gasteiger partial charge on any atom is -0.497 e. The van der Waals surface area contributed by atoms with Crippen molar-refractivity contribution in [2.45, 2.75) is 12.2 Å². The van der Waals surface area contributed by atoms with Crippen molar-refractivity contribution in [3.8, 4) is 11.5 Å². The number of methoxy groups -OCH3 is 2. The minimum atomic E-state index is -0.627. The van der Waals surface area contributed by atoms with E-state index in [1.165, 1.54) is 0 Å². The quantitative estimate of drug-likeness (QED) is 0.808. The maximum atomic E-state index is 10.6. The van der Waals surface area contributed by atoms with Gasteiger partial charge in [0.05, 0.1) is 33.0 Å². The van der Waals surface area contributed by atoms with Crippen LogP contribution in [0.25, 0.3) is 0 Å². The molecule has 0 aromatic heterocycles. The summed E-state index contributed by atoms with van der Waals surface area (Å²) in [5.74, 6) is 1.39. The van der Waals surface area contributed by atoms with Crippen molar-refractivity contribution < 1.29 is 19.3 Å². The van der Waals surface area contributed by atoms with E-state index in [2.05, 4.69) is 9.80 Å². The number of aliphatic hydroxyl groups is 1. The molecule has 6 heteroatoms. The molecule has 1 heterocycles. The molecule has 0 saturated carbocycles. The van der Waals surface area contributed by atoms with Gasteiger partial charge < -0.3 is 24.2 Å². The first-order valence-corrected chi connectivity index (χ1v) is 7.92. The van der Waals surface area contributed by atoms with Crippen molar-refractivity contribution in [3.05, 3.63) is 23.8 Å². The van der Waals surface area contributed by atoms with Crippen molar-refractivity contribution in [3.63, 3.8) is 0 Å². The smallest absolute Gasteiger partial charge is 0.124 e. The Labute approximate surface area is 138 Å². The first kappa shape index (κ1) is 18.0. The second-order valence-electron chi connectivity index (χ2n) is 6.14. The zero-order valence-corrected chi connectivity index (χ0v) is 14.5. The second kappa shape index (κ2) is 8.49. The minimum absolute atomic E-state index is 0.179. The van der Waals surface area contributed by atoms with Crippen LogP contribution in [0, 0.1) is 0 Å². The van der Waals surface area contributed by atoms with Gasteiger partial charge in [-0.05, 0) is 32.3 Å². The SMILES string of the molecule is COc1ccc(OC)c(C(O)CN2CCOC(CN(C)C)C2)c1. The summed E-state index contributed by atoms with van der Waals surface area (Å²) in [5, 5.41) is 10.6. The van der Waals surface area contributed by atoms with Crippen LogP contribution in [0.1, 0.15) is 11.7 Å². The molecule has 2 rings (SSSR count). The van der Waals surface area contributed by atoms with Gasteiger partial charge in [0.25, 0.3) is 0 Å². The lowest BCUT2D eigenvalue weighted by molar-refractivity contribution is -0.0490. The first-order chi connectivity index (χ1) is 11.0. The van der Waals surface area contributed by atoms with Crippen LogP contribution in [-0.4, -0.2) is 82.1 Å². The fourth-order valence-electron chi connectivity index (χ4n) is 2.91. The Bertz CT molecular complexity index is 495. The molecule has 130 valence electrons. The predicted octanol–water partition coefficient (Wildman–Crippen LogP) is 1.000. The Morgan fingerprint density at radius 1 is 1.35 bits per heavy atom. The van der Waals surface area contributed by atoms with Gasteiger partial charge in [0.1, 0.15) is 11.5 Å². The van der Waals surface area contributed by atoms with Crippen LogP contribution in [0.5, 0.6) is 11.5 Å². The maximum absolute atomic E-state index is 10.6. The van der Waals surface area contributed by atoms with Gasteiger partial charge in [-0.15, -0.1) is 0 Å². The van der Waals surface area contributed by atoms with Crippen molar-refractivity contribution in [2.75, 3.05) is 61.1 Å². The molecule has 0 amide bonds. The molecular formula is C17H28N2O4. The van der Waals surface area contributed by atoms with E-state index in [0.29, 0.717) is 24.7 Å². The van der Waals surface area contributed by atoms with Gasteiger partial charge in [0.15, 0.2) is 0 Å². The first-order valence-electron chi connectivity index (χ1n) is 7.92. The molecule has 1 N–H and O–H groups in total. The summed E-state index contributed by atoms with van der Waals surface area (Å²) in [6, 6.07) is 5.49. The molecule has 23 heavy (non-hydrogen) atoms. The highest BCUT2D eigenvalue weighted by Crippen LogP contribution is 2.30. The third-order valence-electron chi connectivity index (χ3n) is 4.02. The highest BCUT2D eigenvalue weighted by Gasteiger charge is 2.24. The fraction of sp³-hybridized carbons (Fsp3) is 0.647. The van der Waals surface area contributed by atoms with Gasteiger partial charge in [-0.3, -0.25) is 4.90 Å². The van der Waals surface area contributed by atoms with E-state index >= 15 is 0 Å². The van der Waals surface area contributed by atoms with Crippen LogP contribution in [-0.2, 0) is 4.74 Å². The molecule has 2 unspecified atom stereocenters. The third-order valence-corrected chi connectivity index (χ3v) is 4.02. The van der Waals surface area contributed by atoms with Crippen molar-refractivity contribution in [2.24, 2.45) is 0 Å². The Hall–Kier alpha value is -1.34. The lowest BCUT2D eigenvalue weighted by Gasteiger charge is -2.35. The second-order valence-corrected chi connectivity index (χ2v) is 6.14. The van der Waals surface area contributed by atoms with E-state index in [-0.39, 0.29) is 6.10 Å². The molecule has 1 fully saturated rings. The average molecular weight is 324 g/mol. The molecule has 1 aliphatic heterocycles. The van der Waals surface area contributed by atoms with Crippen LogP contribution in [0.3, 0.4) is 0 Å². The highest BCUT2D eigenvalue weighted by molar-refractivity contribution is 5.41. The average Bonchev–Trinajstić information content (AvgIpc) is 2.53. The molecule has 0 bridgehead atoms. The largest absolute Gasteiger partial charge is 0.497 e. The van der Waals surface area contributed by atoms with E-state index in [4.69, 9.17) is 14.2 Å². The Balaban J connectivity index is 2.02. The number of hydrogen-bond acceptors (Lipinski definition) is 6.